The van der Waals surface area contributed by atoms with Crippen LogP contribution in [0.3, 0.4) is 0 Å². The van der Waals surface area contributed by atoms with Crippen LogP contribution in [-0.4, -0.2) is 29.5 Å². The molecule has 2 aromatic heterocycles. The van der Waals surface area contributed by atoms with Crippen molar-refractivity contribution >= 4 is 11.7 Å². The molecule has 7 nitrogen and oxygen atoms in total. The van der Waals surface area contributed by atoms with Gasteiger partial charge in [-0.3, -0.25) is 4.68 Å². The summed E-state index contributed by atoms with van der Waals surface area (Å²) in [6.07, 6.45) is 5.19. The Kier molecular flexibility index (Phi) is 4.85. The van der Waals surface area contributed by atoms with Gasteiger partial charge in [-0.15, -0.1) is 0 Å². The summed E-state index contributed by atoms with van der Waals surface area (Å²) >= 11 is 0. The largest absolute Gasteiger partial charge is 0.466 e. The van der Waals surface area contributed by atoms with Crippen molar-refractivity contribution in [2.24, 2.45) is 5.41 Å². The van der Waals surface area contributed by atoms with E-state index in [9.17, 15) is 4.79 Å². The lowest BCUT2D eigenvalue weighted by Gasteiger charge is -2.34. The number of nitrogens with one attached hydrogen (secondary N) is 2. The van der Waals surface area contributed by atoms with Crippen LogP contribution in [0.5, 0.6) is 0 Å². The number of rotatable bonds is 5. The number of ether oxygens (including phenoxy) is 1. The molecule has 25 heavy (non-hydrogen) atoms. The topological polar surface area (TPSA) is 81.3 Å². The Labute approximate surface area is 147 Å². The van der Waals surface area contributed by atoms with Gasteiger partial charge in [0.25, 0.3) is 0 Å². The van der Waals surface area contributed by atoms with E-state index in [1.165, 1.54) is 0 Å². The van der Waals surface area contributed by atoms with Crippen molar-refractivity contribution in [2.45, 2.75) is 46.2 Å². The van der Waals surface area contributed by atoms with E-state index < -0.39 is 0 Å². The van der Waals surface area contributed by atoms with Crippen molar-refractivity contribution in [3.8, 4) is 0 Å². The molecule has 3 rings (SSSR count). The highest BCUT2D eigenvalue weighted by atomic mass is 16.5. The first-order chi connectivity index (χ1) is 11.9. The highest BCUT2D eigenvalue weighted by Gasteiger charge is 2.35. The number of methoxy groups -OCH3 is 1. The molecule has 0 spiro atoms. The van der Waals surface area contributed by atoms with Crippen molar-refractivity contribution in [1.29, 1.82) is 0 Å². The van der Waals surface area contributed by atoms with Gasteiger partial charge in [0.1, 0.15) is 11.5 Å². The van der Waals surface area contributed by atoms with Gasteiger partial charge in [0, 0.05) is 25.3 Å². The average Bonchev–Trinajstić information content (AvgIpc) is 3.09. The third-order valence-electron chi connectivity index (χ3n) is 4.46. The summed E-state index contributed by atoms with van der Waals surface area (Å²) in [4.78, 5) is 12.4. The second-order valence-electron chi connectivity index (χ2n) is 7.42. The van der Waals surface area contributed by atoms with E-state index in [-0.39, 0.29) is 17.5 Å². The number of carbonyl (C=O) groups is 1. The molecule has 1 unspecified atom stereocenters. The first kappa shape index (κ1) is 17.5. The second kappa shape index (κ2) is 6.92. The maximum Gasteiger partial charge on any atom is 0.319 e. The van der Waals surface area contributed by atoms with Gasteiger partial charge < -0.3 is 19.8 Å². The summed E-state index contributed by atoms with van der Waals surface area (Å²) in [6.45, 7) is 7.55. The van der Waals surface area contributed by atoms with E-state index in [0.29, 0.717) is 18.8 Å². The third kappa shape index (κ3) is 4.22. The lowest BCUT2D eigenvalue weighted by Crippen LogP contribution is -2.38. The lowest BCUT2D eigenvalue weighted by molar-refractivity contribution is 0.183. The fourth-order valence-corrected chi connectivity index (χ4v) is 3.37. The predicted octanol–water partition coefficient (Wildman–Crippen LogP) is 3.27. The van der Waals surface area contributed by atoms with E-state index in [0.717, 1.165) is 29.9 Å². The number of aromatic nitrogens is 2. The van der Waals surface area contributed by atoms with Gasteiger partial charge in [0.2, 0.25) is 0 Å². The summed E-state index contributed by atoms with van der Waals surface area (Å²) in [5, 5.41) is 10.1. The number of anilines is 1. The minimum Gasteiger partial charge on any atom is -0.466 e. The van der Waals surface area contributed by atoms with E-state index in [1.807, 2.05) is 13.0 Å². The van der Waals surface area contributed by atoms with Gasteiger partial charge in [-0.05, 0) is 24.8 Å². The highest BCUT2D eigenvalue weighted by Crippen LogP contribution is 2.41. The average molecular weight is 346 g/mol. The lowest BCUT2D eigenvalue weighted by atomic mass is 9.75. The minimum absolute atomic E-state index is 0.0558. The Bertz CT molecular complexity index is 747. The summed E-state index contributed by atoms with van der Waals surface area (Å²) in [7, 11) is 1.65. The molecule has 0 bridgehead atoms. The normalized spacial score (nSPS) is 18.6. The number of amides is 2. The van der Waals surface area contributed by atoms with Crippen molar-refractivity contribution < 1.29 is 13.9 Å². The number of hydrogen-bond donors (Lipinski definition) is 2. The van der Waals surface area contributed by atoms with Gasteiger partial charge >= 0.3 is 6.03 Å². The number of hydrogen-bond acceptors (Lipinski definition) is 4. The van der Waals surface area contributed by atoms with E-state index in [2.05, 4.69) is 29.6 Å². The van der Waals surface area contributed by atoms with Gasteiger partial charge in [-0.25, -0.2) is 4.79 Å². The molecule has 2 heterocycles. The van der Waals surface area contributed by atoms with Gasteiger partial charge in [-0.2, -0.15) is 5.10 Å². The molecular formula is C18H26N4O3. The van der Waals surface area contributed by atoms with Crippen LogP contribution in [0.15, 0.2) is 22.9 Å². The van der Waals surface area contributed by atoms with Crippen LogP contribution in [0.25, 0.3) is 0 Å². The molecule has 0 aliphatic heterocycles. The van der Waals surface area contributed by atoms with E-state index >= 15 is 0 Å². The van der Waals surface area contributed by atoms with E-state index in [4.69, 9.17) is 9.15 Å². The summed E-state index contributed by atoms with van der Waals surface area (Å²) in [6, 6.07) is 1.73. The molecule has 7 heteroatoms. The van der Waals surface area contributed by atoms with Crippen LogP contribution in [-0.2, 0) is 17.7 Å². The molecule has 0 saturated heterocycles. The van der Waals surface area contributed by atoms with Gasteiger partial charge in [-0.1, -0.05) is 13.8 Å². The maximum atomic E-state index is 12.4. The zero-order chi connectivity index (χ0) is 18.0. The first-order valence-corrected chi connectivity index (χ1v) is 8.54. The first-order valence-electron chi connectivity index (χ1n) is 8.54. The van der Waals surface area contributed by atoms with Crippen LogP contribution in [0.2, 0.25) is 0 Å². The monoisotopic (exact) mass is 346 g/mol. The Balaban J connectivity index is 1.65. The molecule has 1 atom stereocenters. The zero-order valence-electron chi connectivity index (χ0n) is 15.3. The fraction of sp³-hybridized carbons (Fsp3) is 0.556. The zero-order valence-corrected chi connectivity index (χ0v) is 15.3. The molecular weight excluding hydrogens is 320 g/mol. The fourth-order valence-electron chi connectivity index (χ4n) is 3.37. The van der Waals surface area contributed by atoms with Crippen molar-refractivity contribution in [1.82, 2.24) is 15.1 Å². The van der Waals surface area contributed by atoms with Crippen molar-refractivity contribution in [3.05, 3.63) is 35.5 Å². The third-order valence-corrected chi connectivity index (χ3v) is 4.46. The highest BCUT2D eigenvalue weighted by molar-refractivity contribution is 5.89. The van der Waals surface area contributed by atoms with Crippen molar-refractivity contribution in [2.75, 3.05) is 19.0 Å². The van der Waals surface area contributed by atoms with Crippen LogP contribution >= 0.6 is 0 Å². The molecule has 2 N–H and O–H groups in total. The summed E-state index contributed by atoms with van der Waals surface area (Å²) in [5.41, 5.74) is 1.83. The Morgan fingerprint density at radius 2 is 2.32 bits per heavy atom. The maximum absolute atomic E-state index is 12.4. The molecule has 0 saturated carbocycles. The number of nitrogens with zero attached hydrogens (tertiary/aromatic N) is 2. The summed E-state index contributed by atoms with van der Waals surface area (Å²) < 4.78 is 12.6. The Hall–Kier alpha value is -2.28. The number of carbonyl (C=O) groups excluding carboxylic acids is 1. The number of aryl methyl sites for hydroxylation is 1. The van der Waals surface area contributed by atoms with Crippen LogP contribution in [0.4, 0.5) is 10.5 Å². The van der Waals surface area contributed by atoms with Crippen LogP contribution in [0, 0.1) is 12.3 Å². The molecule has 0 radical (unpaired) electrons. The molecule has 0 aromatic carbocycles. The Morgan fingerprint density at radius 1 is 1.52 bits per heavy atom. The molecule has 1 aliphatic carbocycles. The SMILES string of the molecule is COCCn1cc(NC(=O)NC2CC(C)(C)Cc3oc(C)cc32)cn1. The number of furan rings is 1. The standard InChI is InChI=1S/C18H26N4O3/c1-12-7-14-15(8-18(2,3)9-16(14)25-12)21-17(23)20-13-10-19-22(11-13)5-6-24-4/h7,10-11,15H,5-6,8-9H2,1-4H3,(H2,20,21,23). The molecule has 2 amide bonds. The molecule has 0 fully saturated rings. The molecule has 136 valence electrons. The summed E-state index contributed by atoms with van der Waals surface area (Å²) in [5.74, 6) is 1.86. The molecule has 1 aliphatic rings. The second-order valence-corrected chi connectivity index (χ2v) is 7.42. The smallest absolute Gasteiger partial charge is 0.319 e. The van der Waals surface area contributed by atoms with Gasteiger partial charge in [0.15, 0.2) is 0 Å². The number of fused-ring (bicyclic) bond motifs is 1. The van der Waals surface area contributed by atoms with Crippen LogP contribution in [0.1, 0.15) is 43.4 Å². The quantitative estimate of drug-likeness (QED) is 0.871. The predicted molar refractivity (Wildman–Crippen MR) is 94.5 cm³/mol. The number of urea groups is 1. The van der Waals surface area contributed by atoms with Gasteiger partial charge in [0.05, 0.1) is 31.1 Å². The van der Waals surface area contributed by atoms with E-state index in [1.54, 1.807) is 24.2 Å². The van der Waals surface area contributed by atoms with Crippen molar-refractivity contribution in [3.63, 3.8) is 0 Å². The molecule has 2 aromatic rings. The minimum atomic E-state index is -0.237. The van der Waals surface area contributed by atoms with Crippen LogP contribution < -0.4 is 10.6 Å². The Morgan fingerprint density at radius 3 is 3.08 bits per heavy atom.